The number of hydrogen-bond donors (Lipinski definition) is 0. The molecular formula is C36H70O2. The van der Waals surface area contributed by atoms with Crippen LogP contribution in [0.3, 0.4) is 0 Å². The van der Waals surface area contributed by atoms with Crippen LogP contribution < -0.4 is 0 Å². The van der Waals surface area contributed by atoms with Crippen LogP contribution in [-0.2, 0) is 9.53 Å². The van der Waals surface area contributed by atoms with Gasteiger partial charge in [0.1, 0.15) is 0 Å². The van der Waals surface area contributed by atoms with Gasteiger partial charge in [0, 0.05) is 6.42 Å². The normalized spacial score (nSPS) is 11.5. The second-order valence-corrected chi connectivity index (χ2v) is 11.9. The molecule has 0 aromatic carbocycles. The topological polar surface area (TPSA) is 26.3 Å². The first kappa shape index (κ1) is 37.2. The van der Waals surface area contributed by atoms with Crippen LogP contribution in [0.25, 0.3) is 0 Å². The summed E-state index contributed by atoms with van der Waals surface area (Å²) in [5.41, 5.74) is 0. The Bertz CT molecular complexity index is 470. The van der Waals surface area contributed by atoms with E-state index < -0.39 is 0 Å². The van der Waals surface area contributed by atoms with E-state index >= 15 is 0 Å². The summed E-state index contributed by atoms with van der Waals surface area (Å²) in [5.74, 6) is 0.0208. The third kappa shape index (κ3) is 33.2. The molecule has 0 bridgehead atoms. The number of allylic oxidation sites excluding steroid dienone is 2. The van der Waals surface area contributed by atoms with Gasteiger partial charge < -0.3 is 4.74 Å². The average molecular weight is 535 g/mol. The second-order valence-electron chi connectivity index (χ2n) is 11.9. The van der Waals surface area contributed by atoms with E-state index in [0.29, 0.717) is 13.0 Å². The summed E-state index contributed by atoms with van der Waals surface area (Å²) in [4.78, 5) is 11.9. The van der Waals surface area contributed by atoms with Gasteiger partial charge in [-0.2, -0.15) is 0 Å². The molecule has 0 aliphatic heterocycles. The standard InChI is InChI=1S/C36H70O2/c1-3-5-7-9-11-13-15-17-19-21-23-25-27-29-31-33-35-38-36(37)34-32-30-28-26-24-22-20-18-16-14-12-10-8-6-4-2/h17,19H,3-16,18,20-35H2,1-2H3. The number of ether oxygens (including phenoxy) is 1. The second kappa shape index (κ2) is 34.2. The highest BCUT2D eigenvalue weighted by molar-refractivity contribution is 5.69. The van der Waals surface area contributed by atoms with Crippen LogP contribution >= 0.6 is 0 Å². The number of unbranched alkanes of at least 4 members (excludes halogenated alkanes) is 26. The third-order valence-corrected chi connectivity index (χ3v) is 7.90. The van der Waals surface area contributed by atoms with Gasteiger partial charge in [0.05, 0.1) is 6.61 Å². The number of rotatable bonds is 32. The van der Waals surface area contributed by atoms with Crippen molar-refractivity contribution in [2.45, 2.75) is 206 Å². The molecule has 0 aliphatic carbocycles. The Morgan fingerprint density at radius 2 is 0.737 bits per heavy atom. The molecule has 0 N–H and O–H groups in total. The summed E-state index contributed by atoms with van der Waals surface area (Å²) in [7, 11) is 0. The Morgan fingerprint density at radius 3 is 1.13 bits per heavy atom. The molecule has 0 spiro atoms. The molecule has 0 amide bonds. The average Bonchev–Trinajstić information content (AvgIpc) is 2.92. The first-order valence-electron chi connectivity index (χ1n) is 17.6. The molecule has 0 aliphatic rings. The molecule has 0 saturated heterocycles. The van der Waals surface area contributed by atoms with Crippen molar-refractivity contribution in [3.8, 4) is 0 Å². The summed E-state index contributed by atoms with van der Waals surface area (Å²) in [6.45, 7) is 5.19. The Morgan fingerprint density at radius 1 is 0.421 bits per heavy atom. The van der Waals surface area contributed by atoms with E-state index in [1.807, 2.05) is 0 Å². The van der Waals surface area contributed by atoms with Crippen LogP contribution in [0.1, 0.15) is 206 Å². The molecule has 0 rings (SSSR count). The number of esters is 1. The Labute approximate surface area is 240 Å². The van der Waals surface area contributed by atoms with Crippen LogP contribution in [0.4, 0.5) is 0 Å². The summed E-state index contributed by atoms with van der Waals surface area (Å²) >= 11 is 0. The third-order valence-electron chi connectivity index (χ3n) is 7.90. The van der Waals surface area contributed by atoms with E-state index in [-0.39, 0.29) is 5.97 Å². The zero-order valence-electron chi connectivity index (χ0n) is 26.4. The lowest BCUT2D eigenvalue weighted by Crippen LogP contribution is -2.05. The van der Waals surface area contributed by atoms with Gasteiger partial charge in [-0.05, 0) is 38.5 Å². The largest absolute Gasteiger partial charge is 0.466 e. The van der Waals surface area contributed by atoms with Crippen molar-refractivity contribution in [3.63, 3.8) is 0 Å². The highest BCUT2D eigenvalue weighted by Crippen LogP contribution is 2.14. The quantitative estimate of drug-likeness (QED) is 0.0487. The highest BCUT2D eigenvalue weighted by atomic mass is 16.5. The first-order valence-corrected chi connectivity index (χ1v) is 17.6. The van der Waals surface area contributed by atoms with Gasteiger partial charge in [-0.15, -0.1) is 0 Å². The molecule has 2 nitrogen and oxygen atoms in total. The molecule has 0 unspecified atom stereocenters. The minimum atomic E-state index is 0.0208. The predicted molar refractivity (Wildman–Crippen MR) is 170 cm³/mol. The van der Waals surface area contributed by atoms with Crippen LogP contribution in [0.15, 0.2) is 12.2 Å². The van der Waals surface area contributed by atoms with Crippen LogP contribution in [-0.4, -0.2) is 12.6 Å². The lowest BCUT2D eigenvalue weighted by Gasteiger charge is -2.05. The molecule has 0 aromatic rings. The van der Waals surface area contributed by atoms with Gasteiger partial charge in [-0.1, -0.05) is 174 Å². The molecule has 0 aromatic heterocycles. The zero-order chi connectivity index (χ0) is 27.6. The molecule has 226 valence electrons. The maximum Gasteiger partial charge on any atom is 0.305 e. The van der Waals surface area contributed by atoms with E-state index in [1.54, 1.807) is 0 Å². The molecule has 0 fully saturated rings. The first-order chi connectivity index (χ1) is 18.8. The minimum absolute atomic E-state index is 0.0208. The summed E-state index contributed by atoms with van der Waals surface area (Å²) in [6.07, 6.45) is 44.1. The van der Waals surface area contributed by atoms with E-state index in [9.17, 15) is 4.79 Å². The van der Waals surface area contributed by atoms with Crippen molar-refractivity contribution in [3.05, 3.63) is 12.2 Å². The Hall–Kier alpha value is -0.790. The minimum Gasteiger partial charge on any atom is -0.466 e. The van der Waals surface area contributed by atoms with Crippen molar-refractivity contribution in [2.75, 3.05) is 6.61 Å². The highest BCUT2D eigenvalue weighted by Gasteiger charge is 2.02. The van der Waals surface area contributed by atoms with Crippen molar-refractivity contribution >= 4 is 5.97 Å². The molecule has 0 atom stereocenters. The van der Waals surface area contributed by atoms with Crippen LogP contribution in [0, 0.1) is 0 Å². The SMILES string of the molecule is CCCCCCCCC=CCCCCCCCCOC(=O)CCCCCCCCCCCCCCCCC. The zero-order valence-corrected chi connectivity index (χ0v) is 26.4. The summed E-state index contributed by atoms with van der Waals surface area (Å²) < 4.78 is 5.43. The van der Waals surface area contributed by atoms with Crippen LogP contribution in [0.2, 0.25) is 0 Å². The Balaban J connectivity index is 3.18. The van der Waals surface area contributed by atoms with E-state index in [0.717, 1.165) is 12.8 Å². The summed E-state index contributed by atoms with van der Waals surface area (Å²) in [5, 5.41) is 0. The molecule has 38 heavy (non-hydrogen) atoms. The van der Waals surface area contributed by atoms with Crippen molar-refractivity contribution in [1.29, 1.82) is 0 Å². The van der Waals surface area contributed by atoms with Gasteiger partial charge in [-0.25, -0.2) is 0 Å². The van der Waals surface area contributed by atoms with E-state index in [1.165, 1.54) is 173 Å². The maximum absolute atomic E-state index is 11.9. The molecule has 0 saturated carbocycles. The maximum atomic E-state index is 11.9. The predicted octanol–water partition coefficient (Wildman–Crippen LogP) is 12.8. The number of carbonyl (C=O) groups excluding carboxylic acids is 1. The fourth-order valence-electron chi connectivity index (χ4n) is 5.25. The number of carbonyl (C=O) groups is 1. The molecule has 2 heteroatoms. The van der Waals surface area contributed by atoms with Gasteiger partial charge in [0.2, 0.25) is 0 Å². The lowest BCUT2D eigenvalue weighted by atomic mass is 10.0. The fraction of sp³-hybridized carbons (Fsp3) is 0.917. The van der Waals surface area contributed by atoms with Crippen LogP contribution in [0.5, 0.6) is 0 Å². The molecule has 0 heterocycles. The lowest BCUT2D eigenvalue weighted by molar-refractivity contribution is -0.143. The monoisotopic (exact) mass is 535 g/mol. The van der Waals surface area contributed by atoms with Gasteiger partial charge in [-0.3, -0.25) is 4.79 Å². The fourth-order valence-corrected chi connectivity index (χ4v) is 5.25. The van der Waals surface area contributed by atoms with Crippen molar-refractivity contribution in [2.24, 2.45) is 0 Å². The van der Waals surface area contributed by atoms with Gasteiger partial charge >= 0.3 is 5.97 Å². The molecule has 0 radical (unpaired) electrons. The van der Waals surface area contributed by atoms with Crippen molar-refractivity contribution in [1.82, 2.24) is 0 Å². The van der Waals surface area contributed by atoms with Gasteiger partial charge in [0.15, 0.2) is 0 Å². The van der Waals surface area contributed by atoms with Gasteiger partial charge in [0.25, 0.3) is 0 Å². The smallest absolute Gasteiger partial charge is 0.305 e. The van der Waals surface area contributed by atoms with Crippen molar-refractivity contribution < 1.29 is 9.53 Å². The van der Waals surface area contributed by atoms with E-state index in [2.05, 4.69) is 26.0 Å². The van der Waals surface area contributed by atoms with E-state index in [4.69, 9.17) is 4.74 Å². The Kier molecular flexibility index (Phi) is 33.5. The number of hydrogen-bond acceptors (Lipinski definition) is 2. The summed E-state index contributed by atoms with van der Waals surface area (Å²) in [6, 6.07) is 0. The molecular weight excluding hydrogens is 464 g/mol.